The molecule has 18 heavy (non-hydrogen) atoms. The first kappa shape index (κ1) is 13.5. The van der Waals surface area contributed by atoms with Crippen LogP contribution in [0.25, 0.3) is 0 Å². The van der Waals surface area contributed by atoms with Gasteiger partial charge >= 0.3 is 13.1 Å². The summed E-state index contributed by atoms with van der Waals surface area (Å²) in [5.41, 5.74) is -0.710. The van der Waals surface area contributed by atoms with E-state index in [-0.39, 0.29) is 13.2 Å². The Kier molecular flexibility index (Phi) is 3.04. The van der Waals surface area contributed by atoms with Crippen molar-refractivity contribution >= 4 is 13.1 Å². The van der Waals surface area contributed by atoms with Gasteiger partial charge in [0, 0.05) is 12.6 Å². The molecule has 2 fully saturated rings. The number of rotatable bonds is 1. The van der Waals surface area contributed by atoms with Gasteiger partial charge in [0.15, 0.2) is 0 Å². The molecule has 1 saturated carbocycles. The molecule has 0 bridgehead atoms. The highest BCUT2D eigenvalue weighted by molar-refractivity contribution is 6.62. The average Bonchev–Trinajstić information content (AvgIpc) is 2.86. The zero-order valence-electron chi connectivity index (χ0n) is 10.5. The van der Waals surface area contributed by atoms with E-state index >= 15 is 0 Å². The van der Waals surface area contributed by atoms with E-state index in [2.05, 4.69) is 0 Å². The first-order chi connectivity index (χ1) is 8.11. The quantitative estimate of drug-likeness (QED) is 0.683. The van der Waals surface area contributed by atoms with Crippen LogP contribution in [0.15, 0.2) is 0 Å². The van der Waals surface area contributed by atoms with Crippen molar-refractivity contribution in [2.75, 3.05) is 13.2 Å². The Bertz CT molecular complexity index is 355. The number of fused-ring (bicyclic) bond motifs is 1. The van der Waals surface area contributed by atoms with Crippen LogP contribution in [0.3, 0.4) is 0 Å². The Morgan fingerprint density at radius 2 is 2.00 bits per heavy atom. The fourth-order valence-corrected chi connectivity index (χ4v) is 2.29. The van der Waals surface area contributed by atoms with Crippen LogP contribution < -0.4 is 0 Å². The third kappa shape index (κ3) is 2.58. The summed E-state index contributed by atoms with van der Waals surface area (Å²) in [5.74, 6) is -1.51. The van der Waals surface area contributed by atoms with Crippen LogP contribution in [-0.2, 0) is 9.47 Å². The Morgan fingerprint density at radius 1 is 1.39 bits per heavy atom. The fraction of sp³-hybridized carbons (Fsp3) is 0.900. The molecule has 8 heteroatoms. The van der Waals surface area contributed by atoms with E-state index < -0.39 is 36.6 Å². The van der Waals surface area contributed by atoms with Gasteiger partial charge in [-0.1, -0.05) is 0 Å². The van der Waals surface area contributed by atoms with Gasteiger partial charge in [-0.3, -0.25) is 0 Å². The van der Waals surface area contributed by atoms with Gasteiger partial charge in [-0.2, -0.15) is 0 Å². The predicted molar refractivity (Wildman–Crippen MR) is 59.3 cm³/mol. The second kappa shape index (κ2) is 4.04. The Balaban J connectivity index is 2.04. The third-order valence-electron chi connectivity index (χ3n) is 3.04. The predicted octanol–water partition coefficient (Wildman–Crippen LogP) is 2.22. The molecule has 0 aromatic carbocycles. The van der Waals surface area contributed by atoms with Crippen molar-refractivity contribution in [2.45, 2.75) is 44.3 Å². The molecule has 0 N–H and O–H groups in total. The van der Waals surface area contributed by atoms with Crippen molar-refractivity contribution < 1.29 is 27.2 Å². The Morgan fingerprint density at radius 3 is 2.50 bits per heavy atom. The molecular weight excluding hydrogens is 250 g/mol. The molecule has 3 atom stereocenters. The first-order valence-corrected chi connectivity index (χ1v) is 5.92. The molecule has 0 unspecified atom stereocenters. The summed E-state index contributed by atoms with van der Waals surface area (Å²) in [7, 11) is 0. The summed E-state index contributed by atoms with van der Waals surface area (Å²) in [6, 6.07) is -0.895. The van der Waals surface area contributed by atoms with Gasteiger partial charge in [0.2, 0.25) is 0 Å². The minimum absolute atomic E-state index is 0.128. The van der Waals surface area contributed by atoms with Crippen LogP contribution in [0.5, 0.6) is 0 Å². The van der Waals surface area contributed by atoms with Crippen molar-refractivity contribution in [3.05, 3.63) is 0 Å². The maximum absolute atomic E-state index is 12.7. The number of carbonyl (C=O) groups is 1. The molecule has 0 aromatic rings. The number of halogens is 3. The number of hydrogen-bond donors (Lipinski definition) is 0. The summed E-state index contributed by atoms with van der Waals surface area (Å²) < 4.78 is 48.3. The monoisotopic (exact) mass is 266 g/mol. The maximum atomic E-state index is 12.7. The highest BCUT2D eigenvalue weighted by Gasteiger charge is 2.65. The average molecular weight is 266 g/mol. The summed E-state index contributed by atoms with van der Waals surface area (Å²) in [4.78, 5) is 13.0. The molecule has 0 aromatic heterocycles. The zero-order valence-corrected chi connectivity index (χ0v) is 10.5. The van der Waals surface area contributed by atoms with Crippen molar-refractivity contribution in [3.8, 4) is 0 Å². The van der Waals surface area contributed by atoms with Crippen molar-refractivity contribution in [1.29, 1.82) is 0 Å². The second-order valence-corrected chi connectivity index (χ2v) is 5.70. The highest BCUT2D eigenvalue weighted by atomic mass is 19.4. The normalized spacial score (nSPS) is 31.9. The van der Waals surface area contributed by atoms with Gasteiger partial charge in [-0.25, -0.2) is 4.79 Å². The van der Waals surface area contributed by atoms with Crippen molar-refractivity contribution in [3.63, 3.8) is 0 Å². The zero-order chi connectivity index (χ0) is 13.7. The summed E-state index contributed by atoms with van der Waals surface area (Å²) in [6.07, 6.45) is -1.59. The smallest absolute Gasteiger partial charge is 0.449 e. The summed E-state index contributed by atoms with van der Waals surface area (Å²) >= 11 is 0. The summed E-state index contributed by atoms with van der Waals surface area (Å²) in [5, 5.41) is 0. The van der Waals surface area contributed by atoms with E-state index in [0.29, 0.717) is 0 Å². The van der Waals surface area contributed by atoms with Gasteiger partial charge in [0.05, 0.1) is 12.7 Å². The van der Waals surface area contributed by atoms with Gasteiger partial charge in [-0.15, -0.1) is 0 Å². The van der Waals surface area contributed by atoms with Gasteiger partial charge in [-0.05, 0) is 26.6 Å². The number of hydrogen-bond acceptors (Lipinski definition) is 3. The standard InChI is InChI=1S/C10H16BF3NO3/c1-10(2,3)18-9(16)15-4-5-17-8-6(7(8)15)11(12,13)14/h6-8H,4-5H2,1-3H3/q-1/t6-,7-,8+/m0/s1. The molecular formula is C10H16BF3NO3-. The van der Waals surface area contributed by atoms with Gasteiger partial charge in [0.25, 0.3) is 0 Å². The van der Waals surface area contributed by atoms with Crippen LogP contribution in [-0.4, -0.2) is 48.9 Å². The number of amides is 1. The topological polar surface area (TPSA) is 38.8 Å². The highest BCUT2D eigenvalue weighted by Crippen LogP contribution is 2.54. The molecule has 1 heterocycles. The van der Waals surface area contributed by atoms with Crippen LogP contribution in [0.2, 0.25) is 5.82 Å². The maximum Gasteiger partial charge on any atom is 0.486 e. The minimum atomic E-state index is -4.98. The van der Waals surface area contributed by atoms with Crippen LogP contribution >= 0.6 is 0 Å². The van der Waals surface area contributed by atoms with Crippen LogP contribution in [0, 0.1) is 0 Å². The lowest BCUT2D eigenvalue weighted by atomic mass is 9.82. The molecule has 4 nitrogen and oxygen atoms in total. The van der Waals surface area contributed by atoms with E-state index in [1.54, 1.807) is 20.8 Å². The Labute approximate surface area is 103 Å². The summed E-state index contributed by atoms with van der Waals surface area (Å²) in [6.45, 7) is 0.343. The molecule has 0 spiro atoms. The minimum Gasteiger partial charge on any atom is -0.449 e. The second-order valence-electron chi connectivity index (χ2n) is 5.70. The van der Waals surface area contributed by atoms with Crippen molar-refractivity contribution in [1.82, 2.24) is 4.90 Å². The van der Waals surface area contributed by atoms with Crippen molar-refractivity contribution in [2.24, 2.45) is 0 Å². The lowest BCUT2D eigenvalue weighted by molar-refractivity contribution is -0.00882. The van der Waals surface area contributed by atoms with Crippen LogP contribution in [0.1, 0.15) is 20.8 Å². The van der Waals surface area contributed by atoms with E-state index in [0.717, 1.165) is 4.90 Å². The fourth-order valence-electron chi connectivity index (χ4n) is 2.29. The molecule has 1 saturated heterocycles. The Hall–Kier alpha value is -0.915. The lowest BCUT2D eigenvalue weighted by Crippen LogP contribution is -2.44. The number of morpholine rings is 1. The van der Waals surface area contributed by atoms with E-state index in [4.69, 9.17) is 9.47 Å². The SMILES string of the molecule is CC(C)(C)OC(=O)N1CCO[C@H]2[C@@H]1[C@@H]2[B-](F)(F)F. The van der Waals surface area contributed by atoms with Crippen LogP contribution in [0.4, 0.5) is 17.7 Å². The van der Waals surface area contributed by atoms with E-state index in [1.165, 1.54) is 0 Å². The molecule has 2 rings (SSSR count). The third-order valence-corrected chi connectivity index (χ3v) is 3.04. The number of carbonyl (C=O) groups excluding carboxylic acids is 1. The molecule has 1 amide bonds. The lowest BCUT2D eigenvalue weighted by Gasteiger charge is -2.30. The van der Waals surface area contributed by atoms with Gasteiger partial charge < -0.3 is 27.3 Å². The van der Waals surface area contributed by atoms with E-state index in [1.807, 2.05) is 0 Å². The molecule has 1 aliphatic carbocycles. The number of nitrogens with zero attached hydrogens (tertiary/aromatic N) is 1. The number of ether oxygens (including phenoxy) is 2. The largest absolute Gasteiger partial charge is 0.486 e. The molecule has 1 aliphatic heterocycles. The molecule has 104 valence electrons. The van der Waals surface area contributed by atoms with E-state index in [9.17, 15) is 17.7 Å². The van der Waals surface area contributed by atoms with Gasteiger partial charge in [0.1, 0.15) is 5.60 Å². The first-order valence-electron chi connectivity index (χ1n) is 5.92. The molecule has 0 radical (unpaired) electrons. The molecule has 2 aliphatic rings.